The van der Waals surface area contributed by atoms with Crippen LogP contribution in [0.25, 0.3) is 0 Å². The van der Waals surface area contributed by atoms with Crippen LogP contribution in [0.3, 0.4) is 0 Å². The molecule has 114 valence electrons. The van der Waals surface area contributed by atoms with Crippen molar-refractivity contribution in [2.24, 2.45) is 0 Å². The predicted octanol–water partition coefficient (Wildman–Crippen LogP) is 2.80. The van der Waals surface area contributed by atoms with E-state index in [1.165, 1.54) is 5.56 Å². The highest BCUT2D eigenvalue weighted by atomic mass is 16.6. The summed E-state index contributed by atoms with van der Waals surface area (Å²) < 4.78 is 11.2. The van der Waals surface area contributed by atoms with Crippen molar-refractivity contribution in [1.29, 1.82) is 0 Å². The van der Waals surface area contributed by atoms with Gasteiger partial charge >= 0.3 is 0 Å². The third-order valence-corrected chi connectivity index (χ3v) is 4.39. The molecule has 1 aliphatic carbocycles. The molecule has 1 saturated carbocycles. The first kappa shape index (κ1) is 14.2. The zero-order valence-electron chi connectivity index (χ0n) is 12.6. The Labute approximate surface area is 125 Å². The second-order valence-corrected chi connectivity index (χ2v) is 6.02. The van der Waals surface area contributed by atoms with Crippen molar-refractivity contribution < 1.29 is 14.3 Å². The van der Waals surface area contributed by atoms with Crippen LogP contribution >= 0.6 is 0 Å². The molecule has 1 aromatic rings. The number of ether oxygens (including phenoxy) is 2. The maximum Gasteiger partial charge on any atom is 0.220 e. The van der Waals surface area contributed by atoms with E-state index in [4.69, 9.17) is 9.47 Å². The summed E-state index contributed by atoms with van der Waals surface area (Å²) in [4.78, 5) is 11.8. The number of benzene rings is 1. The van der Waals surface area contributed by atoms with E-state index in [0.29, 0.717) is 19.6 Å². The monoisotopic (exact) mass is 289 g/mol. The van der Waals surface area contributed by atoms with Crippen LogP contribution in [-0.4, -0.2) is 25.7 Å². The number of rotatable bonds is 6. The number of amides is 1. The highest BCUT2D eigenvalue weighted by Crippen LogP contribution is 2.49. The van der Waals surface area contributed by atoms with Gasteiger partial charge in [0, 0.05) is 18.4 Å². The van der Waals surface area contributed by atoms with Crippen molar-refractivity contribution in [3.05, 3.63) is 23.8 Å². The van der Waals surface area contributed by atoms with E-state index in [1.54, 1.807) is 0 Å². The summed E-state index contributed by atoms with van der Waals surface area (Å²) in [6, 6.07) is 6.18. The minimum absolute atomic E-state index is 0.109. The van der Waals surface area contributed by atoms with Gasteiger partial charge in [-0.15, -0.1) is 0 Å². The third kappa shape index (κ3) is 3.14. The molecule has 0 unspecified atom stereocenters. The number of carbonyl (C=O) groups is 1. The quantitative estimate of drug-likeness (QED) is 0.876. The molecule has 1 aromatic carbocycles. The molecule has 3 rings (SSSR count). The van der Waals surface area contributed by atoms with Gasteiger partial charge in [0.15, 0.2) is 11.5 Å². The summed E-state index contributed by atoms with van der Waals surface area (Å²) in [7, 11) is 0. The van der Waals surface area contributed by atoms with Crippen LogP contribution in [0.5, 0.6) is 11.5 Å². The smallest absolute Gasteiger partial charge is 0.220 e. The lowest BCUT2D eigenvalue weighted by atomic mass is 9.95. The zero-order chi connectivity index (χ0) is 14.7. The van der Waals surface area contributed by atoms with Gasteiger partial charge in [-0.2, -0.15) is 0 Å². The molecule has 1 heterocycles. The summed E-state index contributed by atoms with van der Waals surface area (Å²) in [6.45, 7) is 4.06. The number of hydrogen-bond donors (Lipinski definition) is 1. The van der Waals surface area contributed by atoms with Crippen LogP contribution in [0, 0.1) is 0 Å². The van der Waals surface area contributed by atoms with E-state index < -0.39 is 0 Å². The number of carbonyl (C=O) groups excluding carboxylic acids is 1. The molecular weight excluding hydrogens is 266 g/mol. The highest BCUT2D eigenvalue weighted by molar-refractivity contribution is 5.76. The van der Waals surface area contributed by atoms with Crippen LogP contribution in [0.15, 0.2) is 18.2 Å². The van der Waals surface area contributed by atoms with Gasteiger partial charge in [-0.1, -0.05) is 19.4 Å². The fraction of sp³-hybridized carbons (Fsp3) is 0.588. The molecule has 1 fully saturated rings. The van der Waals surface area contributed by atoms with E-state index in [-0.39, 0.29) is 11.3 Å². The minimum Gasteiger partial charge on any atom is -0.486 e. The molecule has 0 atom stereocenters. The fourth-order valence-corrected chi connectivity index (χ4v) is 2.79. The molecule has 1 amide bonds. The molecule has 2 aliphatic rings. The molecule has 0 saturated heterocycles. The number of unbranched alkanes of at least 4 members (excludes halogenated alkanes) is 1. The van der Waals surface area contributed by atoms with Crippen molar-refractivity contribution >= 4 is 5.91 Å². The maximum atomic E-state index is 11.8. The summed E-state index contributed by atoms with van der Waals surface area (Å²) in [6.07, 6.45) is 4.90. The summed E-state index contributed by atoms with van der Waals surface area (Å²) in [5.41, 5.74) is 1.36. The average Bonchev–Trinajstić information content (AvgIpc) is 3.31. The Balaban J connectivity index is 1.64. The minimum atomic E-state index is 0.109. The third-order valence-electron chi connectivity index (χ3n) is 4.39. The first-order valence-electron chi connectivity index (χ1n) is 7.90. The maximum absolute atomic E-state index is 11.8. The van der Waals surface area contributed by atoms with E-state index in [2.05, 4.69) is 24.4 Å². The van der Waals surface area contributed by atoms with Gasteiger partial charge in [0.2, 0.25) is 5.91 Å². The lowest BCUT2D eigenvalue weighted by molar-refractivity contribution is -0.121. The normalized spacial score (nSPS) is 18.1. The van der Waals surface area contributed by atoms with E-state index >= 15 is 0 Å². The second kappa shape index (κ2) is 5.96. The van der Waals surface area contributed by atoms with Crippen LogP contribution in [0.2, 0.25) is 0 Å². The first-order chi connectivity index (χ1) is 10.2. The Morgan fingerprint density at radius 3 is 2.71 bits per heavy atom. The molecule has 0 bridgehead atoms. The van der Waals surface area contributed by atoms with E-state index in [0.717, 1.165) is 43.7 Å². The van der Waals surface area contributed by atoms with E-state index in [1.807, 2.05) is 6.07 Å². The van der Waals surface area contributed by atoms with Gasteiger partial charge in [0.25, 0.3) is 0 Å². The second-order valence-electron chi connectivity index (χ2n) is 6.02. The van der Waals surface area contributed by atoms with Gasteiger partial charge in [-0.25, -0.2) is 0 Å². The van der Waals surface area contributed by atoms with Crippen molar-refractivity contribution in [2.75, 3.05) is 19.8 Å². The molecule has 0 spiro atoms. The Morgan fingerprint density at radius 2 is 2.00 bits per heavy atom. The fourth-order valence-electron chi connectivity index (χ4n) is 2.79. The lowest BCUT2D eigenvalue weighted by Gasteiger charge is -2.22. The Bertz CT molecular complexity index is 523. The number of nitrogens with one attached hydrogen (secondary N) is 1. The van der Waals surface area contributed by atoms with Crippen molar-refractivity contribution in [2.45, 2.75) is 44.4 Å². The molecular formula is C17H23NO3. The Kier molecular flexibility index (Phi) is 4.04. The van der Waals surface area contributed by atoms with E-state index in [9.17, 15) is 4.79 Å². The van der Waals surface area contributed by atoms with Crippen LogP contribution in [0.4, 0.5) is 0 Å². The Morgan fingerprint density at radius 1 is 1.24 bits per heavy atom. The zero-order valence-corrected chi connectivity index (χ0v) is 12.6. The first-order valence-corrected chi connectivity index (χ1v) is 7.90. The number of hydrogen-bond acceptors (Lipinski definition) is 3. The molecule has 21 heavy (non-hydrogen) atoms. The molecule has 1 aliphatic heterocycles. The molecule has 4 heteroatoms. The largest absolute Gasteiger partial charge is 0.486 e. The predicted molar refractivity (Wildman–Crippen MR) is 80.9 cm³/mol. The van der Waals surface area contributed by atoms with Gasteiger partial charge in [0.05, 0.1) is 0 Å². The SMILES string of the molecule is CCCCC(=O)NCC1(c2ccc3c(c2)OCCO3)CC1. The lowest BCUT2D eigenvalue weighted by Crippen LogP contribution is -2.32. The topological polar surface area (TPSA) is 47.6 Å². The van der Waals surface area contributed by atoms with Gasteiger partial charge in [-0.05, 0) is 37.0 Å². The molecule has 0 aromatic heterocycles. The van der Waals surface area contributed by atoms with Gasteiger partial charge in [-0.3, -0.25) is 4.79 Å². The summed E-state index contributed by atoms with van der Waals surface area (Å²) >= 11 is 0. The van der Waals surface area contributed by atoms with Crippen LogP contribution in [-0.2, 0) is 10.2 Å². The highest BCUT2D eigenvalue weighted by Gasteiger charge is 2.44. The van der Waals surface area contributed by atoms with Gasteiger partial charge < -0.3 is 14.8 Å². The average molecular weight is 289 g/mol. The van der Waals surface area contributed by atoms with Crippen molar-refractivity contribution in [3.63, 3.8) is 0 Å². The molecule has 4 nitrogen and oxygen atoms in total. The summed E-state index contributed by atoms with van der Waals surface area (Å²) in [5, 5.41) is 3.09. The van der Waals surface area contributed by atoms with Crippen LogP contribution in [0.1, 0.15) is 44.6 Å². The van der Waals surface area contributed by atoms with Crippen molar-refractivity contribution in [3.8, 4) is 11.5 Å². The molecule has 1 N–H and O–H groups in total. The number of fused-ring (bicyclic) bond motifs is 1. The van der Waals surface area contributed by atoms with Crippen LogP contribution < -0.4 is 14.8 Å². The van der Waals surface area contributed by atoms with Gasteiger partial charge in [0.1, 0.15) is 13.2 Å². The molecule has 0 radical (unpaired) electrons. The van der Waals surface area contributed by atoms with Crippen molar-refractivity contribution in [1.82, 2.24) is 5.32 Å². The Hall–Kier alpha value is -1.71. The summed E-state index contributed by atoms with van der Waals surface area (Å²) in [5.74, 6) is 1.83. The standard InChI is InChI=1S/C17H23NO3/c1-2-3-4-16(19)18-12-17(7-8-17)13-5-6-14-15(11-13)21-10-9-20-14/h5-6,11H,2-4,7-10,12H2,1H3,(H,18,19).